The van der Waals surface area contributed by atoms with Crippen molar-refractivity contribution in [3.05, 3.63) is 18.2 Å². The number of hydrogen-bond acceptors (Lipinski definition) is 6. The van der Waals surface area contributed by atoms with Crippen molar-refractivity contribution >= 4 is 5.97 Å². The molecular formula is C15H19NO5. The van der Waals surface area contributed by atoms with E-state index in [0.29, 0.717) is 18.6 Å². The van der Waals surface area contributed by atoms with Gasteiger partial charge in [-0.2, -0.15) is 0 Å². The lowest BCUT2D eigenvalue weighted by atomic mass is 9.98. The van der Waals surface area contributed by atoms with Crippen LogP contribution in [0, 0.1) is 0 Å². The summed E-state index contributed by atoms with van der Waals surface area (Å²) in [6, 6.07) is 5.50. The number of hydrogen-bond donors (Lipinski definition) is 1. The Balaban J connectivity index is 1.68. The van der Waals surface area contributed by atoms with Gasteiger partial charge in [-0.05, 0) is 32.0 Å². The maximum Gasteiger partial charge on any atom is 0.326 e. The molecule has 21 heavy (non-hydrogen) atoms. The van der Waals surface area contributed by atoms with E-state index in [0.717, 1.165) is 17.9 Å². The number of carbonyl (C=O) groups is 1. The van der Waals surface area contributed by atoms with E-state index in [-0.39, 0.29) is 18.9 Å². The molecule has 6 heteroatoms. The van der Waals surface area contributed by atoms with Gasteiger partial charge in [0.1, 0.15) is 17.4 Å². The van der Waals surface area contributed by atoms with E-state index in [4.69, 9.17) is 18.9 Å². The molecule has 2 aliphatic rings. The molecule has 1 aliphatic heterocycles. The van der Waals surface area contributed by atoms with Gasteiger partial charge in [-0.3, -0.25) is 4.79 Å². The van der Waals surface area contributed by atoms with Crippen molar-refractivity contribution < 1.29 is 23.7 Å². The highest BCUT2D eigenvalue weighted by molar-refractivity contribution is 5.81. The average molecular weight is 293 g/mol. The molecule has 1 aliphatic carbocycles. The van der Waals surface area contributed by atoms with Crippen molar-refractivity contribution in [3.63, 3.8) is 0 Å². The van der Waals surface area contributed by atoms with Crippen molar-refractivity contribution in [2.24, 2.45) is 0 Å². The lowest BCUT2D eigenvalue weighted by Crippen LogP contribution is -2.49. The van der Waals surface area contributed by atoms with E-state index < -0.39 is 5.54 Å². The highest BCUT2D eigenvalue weighted by Crippen LogP contribution is 2.38. The van der Waals surface area contributed by atoms with Crippen LogP contribution in [0.1, 0.15) is 19.3 Å². The van der Waals surface area contributed by atoms with Crippen molar-refractivity contribution in [1.82, 2.24) is 5.32 Å². The van der Waals surface area contributed by atoms with Gasteiger partial charge in [0.05, 0.1) is 7.11 Å². The first-order valence-electron chi connectivity index (χ1n) is 7.00. The van der Waals surface area contributed by atoms with Crippen LogP contribution in [0.2, 0.25) is 0 Å². The van der Waals surface area contributed by atoms with E-state index in [1.54, 1.807) is 7.05 Å². The third-order valence-corrected chi connectivity index (χ3v) is 4.17. The Bertz CT molecular complexity index is 547. The summed E-state index contributed by atoms with van der Waals surface area (Å²) in [5, 5.41) is 3.09. The van der Waals surface area contributed by atoms with Crippen LogP contribution < -0.4 is 19.5 Å². The molecule has 0 saturated heterocycles. The Kier molecular flexibility index (Phi) is 3.63. The molecular weight excluding hydrogens is 274 g/mol. The van der Waals surface area contributed by atoms with Crippen LogP contribution in [0.4, 0.5) is 0 Å². The van der Waals surface area contributed by atoms with Crippen LogP contribution in [-0.4, -0.2) is 38.6 Å². The summed E-state index contributed by atoms with van der Waals surface area (Å²) in [4.78, 5) is 11.9. The molecule has 0 radical (unpaired) electrons. The van der Waals surface area contributed by atoms with E-state index in [9.17, 15) is 4.79 Å². The largest absolute Gasteiger partial charge is 0.490 e. The van der Waals surface area contributed by atoms with Gasteiger partial charge >= 0.3 is 5.97 Å². The molecule has 0 spiro atoms. The fraction of sp³-hybridized carbons (Fsp3) is 0.533. The molecule has 1 saturated carbocycles. The predicted molar refractivity (Wildman–Crippen MR) is 74.6 cm³/mol. The summed E-state index contributed by atoms with van der Waals surface area (Å²) < 4.78 is 21.5. The summed E-state index contributed by atoms with van der Waals surface area (Å²) in [6.45, 7) is 0.243. The van der Waals surface area contributed by atoms with E-state index in [1.165, 1.54) is 7.11 Å². The molecule has 1 aromatic rings. The van der Waals surface area contributed by atoms with Crippen LogP contribution >= 0.6 is 0 Å². The smallest absolute Gasteiger partial charge is 0.326 e. The van der Waals surface area contributed by atoms with E-state index in [2.05, 4.69) is 5.32 Å². The molecule has 2 atom stereocenters. The standard InChI is InChI=1S/C15H19NO5/c1-16-15(14(17)18-2)6-5-11(8-15)21-10-3-4-12-13(7-10)20-9-19-12/h3-4,7,11,16H,5-6,8-9H2,1-2H3. The minimum atomic E-state index is -0.643. The second-order valence-corrected chi connectivity index (χ2v) is 5.32. The number of rotatable bonds is 4. The normalized spacial score (nSPS) is 26.7. The van der Waals surface area contributed by atoms with Crippen molar-refractivity contribution in [3.8, 4) is 17.2 Å². The fourth-order valence-electron chi connectivity index (χ4n) is 2.95. The predicted octanol–water partition coefficient (Wildman–Crippen LogP) is 1.48. The number of methoxy groups -OCH3 is 1. The first-order valence-corrected chi connectivity index (χ1v) is 7.00. The molecule has 2 unspecified atom stereocenters. The van der Waals surface area contributed by atoms with Crippen LogP contribution in [0.25, 0.3) is 0 Å². The first-order chi connectivity index (χ1) is 10.2. The van der Waals surface area contributed by atoms with Crippen molar-refractivity contribution in [1.29, 1.82) is 0 Å². The van der Waals surface area contributed by atoms with Crippen LogP contribution in [0.5, 0.6) is 17.2 Å². The molecule has 3 rings (SSSR count). The molecule has 1 heterocycles. The highest BCUT2D eigenvalue weighted by Gasteiger charge is 2.46. The van der Waals surface area contributed by atoms with Gasteiger partial charge in [0, 0.05) is 12.5 Å². The molecule has 0 amide bonds. The summed E-state index contributed by atoms with van der Waals surface area (Å²) in [7, 11) is 3.19. The quantitative estimate of drug-likeness (QED) is 0.848. The molecule has 0 aromatic heterocycles. The monoisotopic (exact) mass is 293 g/mol. The third kappa shape index (κ3) is 2.51. The lowest BCUT2D eigenvalue weighted by molar-refractivity contribution is -0.148. The number of nitrogens with one attached hydrogen (secondary N) is 1. The number of carbonyl (C=O) groups excluding carboxylic acids is 1. The number of benzene rings is 1. The SMILES string of the molecule is CNC1(C(=O)OC)CCC(Oc2ccc3c(c2)OCO3)C1. The number of esters is 1. The minimum Gasteiger partial charge on any atom is -0.490 e. The van der Waals surface area contributed by atoms with Crippen LogP contribution in [0.3, 0.4) is 0 Å². The van der Waals surface area contributed by atoms with Gasteiger partial charge in [0.15, 0.2) is 11.5 Å². The number of fused-ring (bicyclic) bond motifs is 1. The highest BCUT2D eigenvalue weighted by atomic mass is 16.7. The lowest BCUT2D eigenvalue weighted by Gasteiger charge is -2.25. The Morgan fingerprint density at radius 1 is 1.38 bits per heavy atom. The van der Waals surface area contributed by atoms with E-state index >= 15 is 0 Å². The summed E-state index contributed by atoms with van der Waals surface area (Å²) in [6.07, 6.45) is 2.05. The maximum atomic E-state index is 11.9. The third-order valence-electron chi connectivity index (χ3n) is 4.17. The zero-order chi connectivity index (χ0) is 14.9. The molecule has 114 valence electrons. The maximum absolute atomic E-state index is 11.9. The van der Waals surface area contributed by atoms with Gasteiger partial charge in [-0.1, -0.05) is 0 Å². The van der Waals surface area contributed by atoms with Gasteiger partial charge in [0.2, 0.25) is 6.79 Å². The first kappa shape index (κ1) is 14.0. The summed E-state index contributed by atoms with van der Waals surface area (Å²) >= 11 is 0. The molecule has 1 aromatic carbocycles. The number of ether oxygens (including phenoxy) is 4. The fourth-order valence-corrected chi connectivity index (χ4v) is 2.95. The van der Waals surface area contributed by atoms with Gasteiger partial charge in [0.25, 0.3) is 0 Å². The van der Waals surface area contributed by atoms with Crippen molar-refractivity contribution in [2.45, 2.75) is 30.9 Å². The van der Waals surface area contributed by atoms with Gasteiger partial charge < -0.3 is 24.3 Å². The molecule has 1 fully saturated rings. The Hall–Kier alpha value is -1.95. The van der Waals surface area contributed by atoms with Gasteiger partial charge in [-0.25, -0.2) is 0 Å². The second kappa shape index (κ2) is 5.44. The molecule has 6 nitrogen and oxygen atoms in total. The Labute approximate surface area is 123 Å². The molecule has 1 N–H and O–H groups in total. The number of likely N-dealkylation sites (N-methyl/N-ethyl adjacent to an activating group) is 1. The zero-order valence-corrected chi connectivity index (χ0v) is 12.2. The average Bonchev–Trinajstić information content (AvgIpc) is 3.13. The second-order valence-electron chi connectivity index (χ2n) is 5.32. The molecule has 0 bridgehead atoms. The van der Waals surface area contributed by atoms with Crippen LogP contribution in [-0.2, 0) is 9.53 Å². The summed E-state index contributed by atoms with van der Waals surface area (Å²) in [5.74, 6) is 1.91. The Morgan fingerprint density at radius 3 is 2.95 bits per heavy atom. The van der Waals surface area contributed by atoms with E-state index in [1.807, 2.05) is 18.2 Å². The topological polar surface area (TPSA) is 66.0 Å². The Morgan fingerprint density at radius 2 is 2.19 bits per heavy atom. The minimum absolute atomic E-state index is 0.0306. The summed E-state index contributed by atoms with van der Waals surface area (Å²) in [5.41, 5.74) is -0.643. The van der Waals surface area contributed by atoms with Crippen molar-refractivity contribution in [2.75, 3.05) is 21.0 Å². The van der Waals surface area contributed by atoms with Crippen LogP contribution in [0.15, 0.2) is 18.2 Å². The van der Waals surface area contributed by atoms with Gasteiger partial charge in [-0.15, -0.1) is 0 Å². The zero-order valence-electron chi connectivity index (χ0n) is 12.2.